The molecule has 0 saturated heterocycles. The third kappa shape index (κ3) is 4.26. The topological polar surface area (TPSA) is 123 Å². The largest absolute Gasteiger partial charge is 0.505 e. The molecular formula is C18H21N3O6. The number of hydrazone groups is 1. The van der Waals surface area contributed by atoms with Crippen LogP contribution in [0.15, 0.2) is 23.4 Å². The first-order chi connectivity index (χ1) is 13.0. The van der Waals surface area contributed by atoms with Crippen LogP contribution in [0.25, 0.3) is 0 Å². The monoisotopic (exact) mass is 375 g/mol. The molecule has 0 spiro atoms. The first-order valence-electron chi connectivity index (χ1n) is 7.88. The normalized spacial score (nSPS) is 10.7. The van der Waals surface area contributed by atoms with Crippen LogP contribution in [-0.2, 0) is 6.61 Å². The standard InChI is InChI=1S/C18H21N3O6/c1-10-16(23)13(12(9-22)7-19-10)8-20-21-18(24)11-5-14(25-2)17(27-4)15(6-11)26-3/h5-8,22-23H,9H2,1-4H3,(H,21,24)/b20-8+. The smallest absolute Gasteiger partial charge is 0.271 e. The lowest BCUT2D eigenvalue weighted by atomic mass is 10.1. The van der Waals surface area contributed by atoms with Crippen LogP contribution in [0, 0.1) is 6.92 Å². The Balaban J connectivity index is 2.26. The number of aryl methyl sites for hydroxylation is 1. The van der Waals surface area contributed by atoms with Gasteiger partial charge < -0.3 is 24.4 Å². The zero-order chi connectivity index (χ0) is 20.0. The molecule has 144 valence electrons. The van der Waals surface area contributed by atoms with E-state index < -0.39 is 5.91 Å². The fourth-order valence-corrected chi connectivity index (χ4v) is 2.35. The lowest BCUT2D eigenvalue weighted by Crippen LogP contribution is -2.18. The molecule has 1 heterocycles. The summed E-state index contributed by atoms with van der Waals surface area (Å²) in [5.41, 5.74) is 3.62. The summed E-state index contributed by atoms with van der Waals surface area (Å²) in [5, 5.41) is 23.3. The van der Waals surface area contributed by atoms with Crippen molar-refractivity contribution in [3.05, 3.63) is 40.7 Å². The Labute approximate surface area is 156 Å². The van der Waals surface area contributed by atoms with Crippen LogP contribution in [0.1, 0.15) is 27.2 Å². The number of nitrogens with zero attached hydrogens (tertiary/aromatic N) is 2. The molecule has 0 bridgehead atoms. The zero-order valence-corrected chi connectivity index (χ0v) is 15.4. The molecule has 9 nitrogen and oxygen atoms in total. The van der Waals surface area contributed by atoms with E-state index in [1.54, 1.807) is 6.92 Å². The quantitative estimate of drug-likeness (QED) is 0.493. The predicted molar refractivity (Wildman–Crippen MR) is 97.7 cm³/mol. The number of methoxy groups -OCH3 is 3. The van der Waals surface area contributed by atoms with Gasteiger partial charge in [0.15, 0.2) is 11.5 Å². The number of ether oxygens (including phenoxy) is 3. The van der Waals surface area contributed by atoms with Crippen molar-refractivity contribution in [2.75, 3.05) is 21.3 Å². The highest BCUT2D eigenvalue weighted by molar-refractivity contribution is 5.96. The van der Waals surface area contributed by atoms with Gasteiger partial charge in [-0.3, -0.25) is 9.78 Å². The van der Waals surface area contributed by atoms with E-state index in [1.165, 1.54) is 45.9 Å². The van der Waals surface area contributed by atoms with Gasteiger partial charge in [0.25, 0.3) is 5.91 Å². The lowest BCUT2D eigenvalue weighted by molar-refractivity contribution is 0.0954. The highest BCUT2D eigenvalue weighted by atomic mass is 16.5. The minimum absolute atomic E-state index is 0.118. The van der Waals surface area contributed by atoms with Gasteiger partial charge >= 0.3 is 0 Å². The van der Waals surface area contributed by atoms with Crippen LogP contribution < -0.4 is 19.6 Å². The van der Waals surface area contributed by atoms with Crippen molar-refractivity contribution in [2.45, 2.75) is 13.5 Å². The minimum Gasteiger partial charge on any atom is -0.505 e. The number of rotatable bonds is 7. The summed E-state index contributed by atoms with van der Waals surface area (Å²) in [7, 11) is 4.36. The number of pyridine rings is 1. The fourth-order valence-electron chi connectivity index (χ4n) is 2.35. The van der Waals surface area contributed by atoms with Crippen molar-refractivity contribution in [3.63, 3.8) is 0 Å². The number of hydrogen-bond donors (Lipinski definition) is 3. The van der Waals surface area contributed by atoms with E-state index in [0.717, 1.165) is 0 Å². The second kappa shape index (κ2) is 8.86. The van der Waals surface area contributed by atoms with Crippen LogP contribution >= 0.6 is 0 Å². The number of aliphatic hydroxyl groups is 1. The second-order valence-corrected chi connectivity index (χ2v) is 5.40. The Hall–Kier alpha value is -3.33. The van der Waals surface area contributed by atoms with Crippen LogP contribution in [0.4, 0.5) is 0 Å². The highest BCUT2D eigenvalue weighted by Crippen LogP contribution is 2.38. The molecular weight excluding hydrogens is 354 g/mol. The summed E-state index contributed by atoms with van der Waals surface area (Å²) >= 11 is 0. The van der Waals surface area contributed by atoms with E-state index in [9.17, 15) is 15.0 Å². The van der Waals surface area contributed by atoms with E-state index in [4.69, 9.17) is 14.2 Å². The first-order valence-corrected chi connectivity index (χ1v) is 7.88. The summed E-state index contributed by atoms with van der Waals surface area (Å²) in [5.74, 6) is 0.380. The molecule has 0 unspecified atom stereocenters. The van der Waals surface area contributed by atoms with Crippen molar-refractivity contribution in [1.29, 1.82) is 0 Å². The maximum atomic E-state index is 12.4. The van der Waals surface area contributed by atoms with Gasteiger partial charge in [0, 0.05) is 22.9 Å². The summed E-state index contributed by atoms with van der Waals surface area (Å²) in [4.78, 5) is 16.3. The van der Waals surface area contributed by atoms with Crippen LogP contribution in [0.5, 0.6) is 23.0 Å². The molecule has 0 saturated carbocycles. The van der Waals surface area contributed by atoms with E-state index in [2.05, 4.69) is 15.5 Å². The summed E-state index contributed by atoms with van der Waals surface area (Å²) < 4.78 is 15.6. The Morgan fingerprint density at radius 1 is 1.22 bits per heavy atom. The first kappa shape index (κ1) is 20.0. The Bertz CT molecular complexity index is 841. The number of aliphatic hydroxyl groups excluding tert-OH is 1. The van der Waals surface area contributed by atoms with Gasteiger partial charge in [0.05, 0.1) is 39.8 Å². The van der Waals surface area contributed by atoms with E-state index in [-0.39, 0.29) is 23.5 Å². The van der Waals surface area contributed by atoms with Gasteiger partial charge in [0.2, 0.25) is 5.75 Å². The van der Waals surface area contributed by atoms with E-state index in [1.807, 2.05) is 0 Å². The highest BCUT2D eigenvalue weighted by Gasteiger charge is 2.17. The number of amides is 1. The molecule has 1 amide bonds. The maximum Gasteiger partial charge on any atom is 0.271 e. The summed E-state index contributed by atoms with van der Waals surface area (Å²) in [6.45, 7) is 1.28. The maximum absolute atomic E-state index is 12.4. The molecule has 2 rings (SSSR count). The van der Waals surface area contributed by atoms with Crippen molar-refractivity contribution >= 4 is 12.1 Å². The van der Waals surface area contributed by atoms with Gasteiger partial charge in [-0.1, -0.05) is 0 Å². The summed E-state index contributed by atoms with van der Waals surface area (Å²) in [6, 6.07) is 2.97. The number of hydrogen-bond acceptors (Lipinski definition) is 8. The summed E-state index contributed by atoms with van der Waals surface area (Å²) in [6.07, 6.45) is 2.67. The molecule has 0 radical (unpaired) electrons. The van der Waals surface area contributed by atoms with Gasteiger partial charge in [0.1, 0.15) is 5.75 Å². The number of carbonyl (C=O) groups is 1. The van der Waals surface area contributed by atoms with E-state index in [0.29, 0.717) is 28.5 Å². The lowest BCUT2D eigenvalue weighted by Gasteiger charge is -2.13. The molecule has 3 N–H and O–H groups in total. The minimum atomic E-state index is -0.527. The molecule has 0 fully saturated rings. The molecule has 0 aliphatic carbocycles. The average Bonchev–Trinajstić information content (AvgIpc) is 2.69. The second-order valence-electron chi connectivity index (χ2n) is 5.40. The number of benzene rings is 1. The zero-order valence-electron chi connectivity index (χ0n) is 15.4. The van der Waals surface area contributed by atoms with E-state index >= 15 is 0 Å². The van der Waals surface area contributed by atoms with Gasteiger partial charge in [-0.25, -0.2) is 5.43 Å². The molecule has 9 heteroatoms. The third-order valence-corrected chi connectivity index (χ3v) is 3.81. The molecule has 2 aromatic rings. The SMILES string of the molecule is COc1cc(C(=O)N/N=C/c2c(CO)cnc(C)c2O)cc(OC)c1OC. The molecule has 1 aromatic heterocycles. The van der Waals surface area contributed by atoms with Crippen molar-refractivity contribution in [1.82, 2.24) is 10.4 Å². The molecule has 0 atom stereocenters. The number of nitrogens with one attached hydrogen (secondary N) is 1. The van der Waals surface area contributed by atoms with Crippen molar-refractivity contribution in [3.8, 4) is 23.0 Å². The van der Waals surface area contributed by atoms with Gasteiger partial charge in [-0.05, 0) is 19.1 Å². The Kier molecular flexibility index (Phi) is 6.56. The Morgan fingerprint density at radius 2 is 1.85 bits per heavy atom. The molecule has 1 aromatic carbocycles. The fraction of sp³-hybridized carbons (Fsp3) is 0.278. The number of aromatic hydroxyl groups is 1. The van der Waals surface area contributed by atoms with Crippen molar-refractivity contribution in [2.24, 2.45) is 5.10 Å². The average molecular weight is 375 g/mol. The van der Waals surface area contributed by atoms with Crippen LogP contribution in [-0.4, -0.2) is 48.6 Å². The van der Waals surface area contributed by atoms with Crippen LogP contribution in [0.2, 0.25) is 0 Å². The van der Waals surface area contributed by atoms with Gasteiger partial charge in [-0.15, -0.1) is 0 Å². The molecule has 27 heavy (non-hydrogen) atoms. The Morgan fingerprint density at radius 3 is 2.37 bits per heavy atom. The van der Waals surface area contributed by atoms with Crippen molar-refractivity contribution < 1.29 is 29.2 Å². The predicted octanol–water partition coefficient (Wildman–Crippen LogP) is 1.38. The number of aromatic nitrogens is 1. The van der Waals surface area contributed by atoms with Gasteiger partial charge in [-0.2, -0.15) is 5.10 Å². The number of carbonyl (C=O) groups excluding carboxylic acids is 1. The van der Waals surface area contributed by atoms with Crippen LogP contribution in [0.3, 0.4) is 0 Å². The molecule has 0 aliphatic rings. The third-order valence-electron chi connectivity index (χ3n) is 3.81. The molecule has 0 aliphatic heterocycles.